The molecule has 2 fully saturated rings. The van der Waals surface area contributed by atoms with Gasteiger partial charge in [-0.2, -0.15) is 4.68 Å². The highest BCUT2D eigenvalue weighted by atomic mass is 16.2. The third kappa shape index (κ3) is 3.16. The van der Waals surface area contributed by atoms with E-state index in [1.54, 1.807) is 6.92 Å². The van der Waals surface area contributed by atoms with Crippen molar-refractivity contribution >= 4 is 5.91 Å². The van der Waals surface area contributed by atoms with Crippen molar-refractivity contribution in [1.82, 2.24) is 30.0 Å². The van der Waals surface area contributed by atoms with Gasteiger partial charge in [0.05, 0.1) is 12.2 Å². The monoisotopic (exact) mass is 340 g/mol. The minimum absolute atomic E-state index is 0.198. The molecule has 2 aromatic rings. The summed E-state index contributed by atoms with van der Waals surface area (Å²) >= 11 is 0. The van der Waals surface area contributed by atoms with Crippen LogP contribution in [-0.2, 0) is 11.3 Å². The molecule has 2 saturated heterocycles. The lowest BCUT2D eigenvalue weighted by molar-refractivity contribution is -0.130. The summed E-state index contributed by atoms with van der Waals surface area (Å²) in [5.74, 6) is 1.05. The van der Waals surface area contributed by atoms with Gasteiger partial charge in [0.2, 0.25) is 5.91 Å². The largest absolute Gasteiger partial charge is 0.338 e. The standard InChI is InChI=1S/C18H24N6O/c1-14(25)23-12-6-10-17(23)16-9-5-11-22(16)13-18-19-20-21-24(18)15-7-3-2-4-8-15/h2-4,7-8,16-17H,5-6,9-13H2,1H3/t16-,17+/m1/s1. The van der Waals surface area contributed by atoms with Gasteiger partial charge < -0.3 is 4.90 Å². The van der Waals surface area contributed by atoms with Crippen LogP contribution in [0.3, 0.4) is 0 Å². The molecule has 0 radical (unpaired) electrons. The summed E-state index contributed by atoms with van der Waals surface area (Å²) in [6.45, 7) is 4.34. The van der Waals surface area contributed by atoms with E-state index in [0.717, 1.165) is 50.4 Å². The molecule has 132 valence electrons. The summed E-state index contributed by atoms with van der Waals surface area (Å²) in [7, 11) is 0. The molecule has 0 saturated carbocycles. The summed E-state index contributed by atoms with van der Waals surface area (Å²) in [6.07, 6.45) is 4.52. The van der Waals surface area contributed by atoms with Crippen LogP contribution >= 0.6 is 0 Å². The summed E-state index contributed by atoms with van der Waals surface area (Å²) in [6, 6.07) is 10.7. The van der Waals surface area contributed by atoms with E-state index in [2.05, 4.69) is 25.3 Å². The Morgan fingerprint density at radius 3 is 2.68 bits per heavy atom. The van der Waals surface area contributed by atoms with Crippen molar-refractivity contribution in [2.24, 2.45) is 0 Å². The highest BCUT2D eigenvalue weighted by molar-refractivity contribution is 5.74. The van der Waals surface area contributed by atoms with Gasteiger partial charge in [0.1, 0.15) is 0 Å². The van der Waals surface area contributed by atoms with E-state index in [-0.39, 0.29) is 5.91 Å². The lowest BCUT2D eigenvalue weighted by Crippen LogP contribution is -2.47. The predicted octanol–water partition coefficient (Wildman–Crippen LogP) is 1.64. The van der Waals surface area contributed by atoms with Gasteiger partial charge in [-0.05, 0) is 54.8 Å². The normalized spacial score (nSPS) is 24.1. The first-order valence-corrected chi connectivity index (χ1v) is 9.08. The maximum Gasteiger partial charge on any atom is 0.219 e. The highest BCUT2D eigenvalue weighted by Gasteiger charge is 2.39. The molecule has 2 aliphatic rings. The van der Waals surface area contributed by atoms with Gasteiger partial charge in [-0.25, -0.2) is 0 Å². The van der Waals surface area contributed by atoms with Crippen LogP contribution in [-0.4, -0.2) is 61.1 Å². The number of carbonyl (C=O) groups excluding carboxylic acids is 1. The average molecular weight is 340 g/mol. The molecular weight excluding hydrogens is 316 g/mol. The van der Waals surface area contributed by atoms with Crippen LogP contribution in [0.4, 0.5) is 0 Å². The Morgan fingerprint density at radius 1 is 1.12 bits per heavy atom. The summed E-state index contributed by atoms with van der Waals surface area (Å²) in [5, 5.41) is 12.3. The van der Waals surface area contributed by atoms with E-state index in [1.165, 1.54) is 6.42 Å². The number of carbonyl (C=O) groups is 1. The van der Waals surface area contributed by atoms with Crippen LogP contribution in [0, 0.1) is 0 Å². The van der Waals surface area contributed by atoms with E-state index in [1.807, 2.05) is 35.0 Å². The van der Waals surface area contributed by atoms with Crippen molar-refractivity contribution < 1.29 is 4.79 Å². The Bertz CT molecular complexity index is 730. The van der Waals surface area contributed by atoms with Crippen molar-refractivity contribution in [3.8, 4) is 5.69 Å². The van der Waals surface area contributed by atoms with Crippen molar-refractivity contribution in [2.75, 3.05) is 13.1 Å². The van der Waals surface area contributed by atoms with Crippen molar-refractivity contribution in [3.63, 3.8) is 0 Å². The van der Waals surface area contributed by atoms with Gasteiger partial charge in [-0.15, -0.1) is 5.10 Å². The summed E-state index contributed by atoms with van der Waals surface area (Å²) in [5.41, 5.74) is 0.976. The molecule has 4 rings (SSSR count). The van der Waals surface area contributed by atoms with Gasteiger partial charge in [-0.3, -0.25) is 9.69 Å². The van der Waals surface area contributed by atoms with Gasteiger partial charge in [0.15, 0.2) is 5.82 Å². The molecule has 0 unspecified atom stereocenters. The second kappa shape index (κ2) is 6.92. The highest BCUT2D eigenvalue weighted by Crippen LogP contribution is 2.31. The third-order valence-electron chi connectivity index (χ3n) is 5.44. The van der Waals surface area contributed by atoms with Crippen molar-refractivity contribution in [2.45, 2.75) is 51.2 Å². The second-order valence-electron chi connectivity index (χ2n) is 6.94. The van der Waals surface area contributed by atoms with Gasteiger partial charge >= 0.3 is 0 Å². The number of benzene rings is 1. The van der Waals surface area contributed by atoms with Crippen LogP contribution in [0.2, 0.25) is 0 Å². The predicted molar refractivity (Wildman–Crippen MR) is 93.0 cm³/mol. The zero-order valence-corrected chi connectivity index (χ0v) is 14.6. The number of rotatable bonds is 4. The molecule has 3 heterocycles. The Morgan fingerprint density at radius 2 is 1.88 bits per heavy atom. The Balaban J connectivity index is 1.53. The second-order valence-corrected chi connectivity index (χ2v) is 6.94. The van der Waals surface area contributed by atoms with Crippen LogP contribution in [0.15, 0.2) is 30.3 Å². The molecule has 2 aliphatic heterocycles. The molecule has 0 aliphatic carbocycles. The van der Waals surface area contributed by atoms with Crippen LogP contribution in [0.1, 0.15) is 38.4 Å². The first-order chi connectivity index (χ1) is 12.2. The van der Waals surface area contributed by atoms with Crippen molar-refractivity contribution in [1.29, 1.82) is 0 Å². The topological polar surface area (TPSA) is 67.2 Å². The quantitative estimate of drug-likeness (QED) is 0.846. The van der Waals surface area contributed by atoms with E-state index in [0.29, 0.717) is 12.1 Å². The fourth-order valence-corrected chi connectivity index (χ4v) is 4.32. The number of aromatic nitrogens is 4. The number of nitrogens with zero attached hydrogens (tertiary/aromatic N) is 6. The number of hydrogen-bond acceptors (Lipinski definition) is 5. The number of para-hydroxylation sites is 1. The smallest absolute Gasteiger partial charge is 0.219 e. The maximum absolute atomic E-state index is 11.9. The molecule has 0 N–H and O–H groups in total. The minimum Gasteiger partial charge on any atom is -0.338 e. The minimum atomic E-state index is 0.198. The first kappa shape index (κ1) is 16.2. The lowest BCUT2D eigenvalue weighted by atomic mass is 10.0. The van der Waals surface area contributed by atoms with E-state index < -0.39 is 0 Å². The molecule has 0 spiro atoms. The average Bonchev–Trinajstić information content (AvgIpc) is 3.36. The molecular formula is C18H24N6O. The van der Waals surface area contributed by atoms with Crippen molar-refractivity contribution in [3.05, 3.63) is 36.2 Å². The zero-order valence-electron chi connectivity index (χ0n) is 14.6. The Hall–Kier alpha value is -2.28. The number of tetrazole rings is 1. The Labute approximate surface area is 147 Å². The Kier molecular flexibility index (Phi) is 4.48. The molecule has 1 aromatic heterocycles. The molecule has 7 heteroatoms. The maximum atomic E-state index is 11.9. The summed E-state index contributed by atoms with van der Waals surface area (Å²) in [4.78, 5) is 16.5. The number of hydrogen-bond donors (Lipinski definition) is 0. The summed E-state index contributed by atoms with van der Waals surface area (Å²) < 4.78 is 1.81. The first-order valence-electron chi connectivity index (χ1n) is 9.08. The van der Waals surface area contributed by atoms with E-state index in [9.17, 15) is 4.79 Å². The SMILES string of the molecule is CC(=O)N1CCC[C@H]1[C@H]1CCCN1Cc1nnnn1-c1ccccc1. The molecule has 7 nitrogen and oxygen atoms in total. The number of likely N-dealkylation sites (tertiary alicyclic amines) is 2. The van der Waals surface area contributed by atoms with Gasteiger partial charge in [0, 0.05) is 25.6 Å². The molecule has 1 aromatic carbocycles. The molecule has 1 amide bonds. The number of amides is 1. The van der Waals surface area contributed by atoms with Crippen LogP contribution in [0.25, 0.3) is 5.69 Å². The molecule has 0 bridgehead atoms. The lowest BCUT2D eigenvalue weighted by Gasteiger charge is -2.34. The van der Waals surface area contributed by atoms with Gasteiger partial charge in [-0.1, -0.05) is 18.2 Å². The van der Waals surface area contributed by atoms with E-state index in [4.69, 9.17) is 0 Å². The third-order valence-corrected chi connectivity index (χ3v) is 5.44. The fraction of sp³-hybridized carbons (Fsp3) is 0.556. The van der Waals surface area contributed by atoms with Gasteiger partial charge in [0.25, 0.3) is 0 Å². The van der Waals surface area contributed by atoms with Crippen LogP contribution < -0.4 is 0 Å². The molecule has 2 atom stereocenters. The fourth-order valence-electron chi connectivity index (χ4n) is 4.32. The molecule has 25 heavy (non-hydrogen) atoms. The van der Waals surface area contributed by atoms with Crippen LogP contribution in [0.5, 0.6) is 0 Å². The van der Waals surface area contributed by atoms with E-state index >= 15 is 0 Å². The zero-order chi connectivity index (χ0) is 17.2.